The molecule has 3 nitrogen and oxygen atoms in total. The summed E-state index contributed by atoms with van der Waals surface area (Å²) >= 11 is 6.12. The summed E-state index contributed by atoms with van der Waals surface area (Å²) in [4.78, 5) is 0. The minimum Gasteiger partial charge on any atom is -0.493 e. The summed E-state index contributed by atoms with van der Waals surface area (Å²) in [5, 5.41) is 0.345. The van der Waals surface area contributed by atoms with Gasteiger partial charge in [-0.25, -0.2) is 8.78 Å². The number of nitrogens with two attached hydrogens (primary N) is 1. The van der Waals surface area contributed by atoms with E-state index in [0.717, 1.165) is 17.7 Å². The highest BCUT2D eigenvalue weighted by Crippen LogP contribution is 2.36. The lowest BCUT2D eigenvalue weighted by Gasteiger charge is -2.14. The van der Waals surface area contributed by atoms with Crippen molar-refractivity contribution in [2.24, 2.45) is 5.73 Å². The van der Waals surface area contributed by atoms with E-state index in [-0.39, 0.29) is 6.61 Å². The SMILES string of the molecule is COc1cc(CN)cc(Cl)c1OCc1ccc(F)c(F)c1. The minimum atomic E-state index is -0.923. The molecule has 0 atom stereocenters. The molecule has 6 heteroatoms. The van der Waals surface area contributed by atoms with E-state index in [0.29, 0.717) is 28.6 Å². The van der Waals surface area contributed by atoms with Crippen molar-refractivity contribution in [3.05, 3.63) is 58.1 Å². The molecule has 0 fully saturated rings. The Bertz CT molecular complexity index is 650. The van der Waals surface area contributed by atoms with Crippen LogP contribution in [0.1, 0.15) is 11.1 Å². The lowest BCUT2D eigenvalue weighted by molar-refractivity contribution is 0.283. The van der Waals surface area contributed by atoms with Gasteiger partial charge >= 0.3 is 0 Å². The van der Waals surface area contributed by atoms with Gasteiger partial charge in [0.25, 0.3) is 0 Å². The van der Waals surface area contributed by atoms with Gasteiger partial charge in [-0.3, -0.25) is 0 Å². The molecule has 2 aromatic carbocycles. The summed E-state index contributed by atoms with van der Waals surface area (Å²) in [7, 11) is 1.48. The Balaban J connectivity index is 2.21. The van der Waals surface area contributed by atoms with Gasteiger partial charge in [-0.1, -0.05) is 17.7 Å². The standard InChI is InChI=1S/C15H14ClF2NO2/c1-20-14-6-10(7-19)4-11(16)15(14)21-8-9-2-3-12(17)13(18)5-9/h2-6H,7-8,19H2,1H3. The van der Waals surface area contributed by atoms with Crippen LogP contribution < -0.4 is 15.2 Å². The summed E-state index contributed by atoms with van der Waals surface area (Å²) in [6.07, 6.45) is 0. The van der Waals surface area contributed by atoms with Crippen LogP contribution in [0.4, 0.5) is 8.78 Å². The third kappa shape index (κ3) is 3.62. The largest absolute Gasteiger partial charge is 0.493 e. The van der Waals surface area contributed by atoms with Crippen molar-refractivity contribution in [3.63, 3.8) is 0 Å². The van der Waals surface area contributed by atoms with E-state index in [4.69, 9.17) is 26.8 Å². The van der Waals surface area contributed by atoms with E-state index in [1.807, 2.05) is 0 Å². The molecule has 112 valence electrons. The van der Waals surface area contributed by atoms with Crippen LogP contribution in [0.2, 0.25) is 5.02 Å². The zero-order valence-corrected chi connectivity index (χ0v) is 12.1. The predicted octanol–water partition coefficient (Wildman–Crippen LogP) is 3.66. The minimum absolute atomic E-state index is 0.0370. The molecule has 0 saturated carbocycles. The van der Waals surface area contributed by atoms with Crippen molar-refractivity contribution in [2.75, 3.05) is 7.11 Å². The van der Waals surface area contributed by atoms with Gasteiger partial charge in [-0.05, 0) is 35.4 Å². The topological polar surface area (TPSA) is 44.5 Å². The fourth-order valence-corrected chi connectivity index (χ4v) is 2.10. The molecule has 0 saturated heterocycles. The molecule has 0 heterocycles. The van der Waals surface area contributed by atoms with Crippen molar-refractivity contribution >= 4 is 11.6 Å². The molecule has 2 aromatic rings. The first kappa shape index (κ1) is 15.5. The molecule has 2 rings (SSSR count). The van der Waals surface area contributed by atoms with Crippen LogP contribution >= 0.6 is 11.6 Å². The fraction of sp³-hybridized carbons (Fsp3) is 0.200. The second-order valence-corrected chi connectivity index (χ2v) is 4.76. The van der Waals surface area contributed by atoms with Gasteiger partial charge in [-0.15, -0.1) is 0 Å². The van der Waals surface area contributed by atoms with Crippen LogP contribution in [0.3, 0.4) is 0 Å². The van der Waals surface area contributed by atoms with Crippen molar-refractivity contribution in [1.82, 2.24) is 0 Å². The van der Waals surface area contributed by atoms with E-state index in [2.05, 4.69) is 0 Å². The van der Waals surface area contributed by atoms with Crippen LogP contribution in [-0.2, 0) is 13.2 Å². The van der Waals surface area contributed by atoms with Crippen LogP contribution in [0.15, 0.2) is 30.3 Å². The van der Waals surface area contributed by atoms with Gasteiger partial charge in [0.05, 0.1) is 12.1 Å². The summed E-state index contributed by atoms with van der Waals surface area (Å²) < 4.78 is 36.7. The number of rotatable bonds is 5. The Kier molecular flexibility index (Phi) is 4.98. The normalized spacial score (nSPS) is 10.5. The van der Waals surface area contributed by atoms with Crippen LogP contribution in [0.5, 0.6) is 11.5 Å². The van der Waals surface area contributed by atoms with Crippen molar-refractivity contribution in [2.45, 2.75) is 13.2 Å². The molecule has 0 aromatic heterocycles. The second kappa shape index (κ2) is 6.74. The molecule has 0 unspecified atom stereocenters. The molecular weight excluding hydrogens is 300 g/mol. The molecule has 0 amide bonds. The Morgan fingerprint density at radius 2 is 1.86 bits per heavy atom. The molecule has 2 N–H and O–H groups in total. The molecular formula is C15H14ClF2NO2. The fourth-order valence-electron chi connectivity index (χ4n) is 1.82. The Labute approximate surface area is 126 Å². The number of hydrogen-bond donors (Lipinski definition) is 1. The van der Waals surface area contributed by atoms with Crippen LogP contribution in [0, 0.1) is 11.6 Å². The van der Waals surface area contributed by atoms with E-state index < -0.39 is 11.6 Å². The lowest BCUT2D eigenvalue weighted by Crippen LogP contribution is -2.02. The van der Waals surface area contributed by atoms with Gasteiger partial charge in [0.1, 0.15) is 6.61 Å². The Hall–Kier alpha value is -1.85. The number of halogens is 3. The van der Waals surface area contributed by atoms with Gasteiger partial charge in [0.15, 0.2) is 23.1 Å². The van der Waals surface area contributed by atoms with Gasteiger partial charge in [0.2, 0.25) is 0 Å². The Morgan fingerprint density at radius 1 is 1.10 bits per heavy atom. The zero-order chi connectivity index (χ0) is 15.4. The molecule has 0 bridgehead atoms. The summed E-state index contributed by atoms with van der Waals surface area (Å²) in [5.41, 5.74) is 6.84. The molecule has 0 spiro atoms. The quantitative estimate of drug-likeness (QED) is 0.916. The maximum atomic E-state index is 13.1. The number of hydrogen-bond acceptors (Lipinski definition) is 3. The van der Waals surface area contributed by atoms with E-state index >= 15 is 0 Å². The molecule has 0 radical (unpaired) electrons. The number of methoxy groups -OCH3 is 1. The maximum Gasteiger partial charge on any atom is 0.180 e. The number of ether oxygens (including phenoxy) is 2. The van der Waals surface area contributed by atoms with Crippen molar-refractivity contribution < 1.29 is 18.3 Å². The van der Waals surface area contributed by atoms with Crippen LogP contribution in [-0.4, -0.2) is 7.11 Å². The van der Waals surface area contributed by atoms with E-state index in [1.165, 1.54) is 13.2 Å². The number of benzene rings is 2. The first-order chi connectivity index (χ1) is 10.0. The molecule has 21 heavy (non-hydrogen) atoms. The average molecular weight is 314 g/mol. The first-order valence-corrected chi connectivity index (χ1v) is 6.56. The monoisotopic (exact) mass is 313 g/mol. The third-order valence-corrected chi connectivity index (χ3v) is 3.17. The summed E-state index contributed by atoms with van der Waals surface area (Å²) in [6, 6.07) is 6.94. The molecule has 0 aliphatic rings. The first-order valence-electron chi connectivity index (χ1n) is 6.18. The van der Waals surface area contributed by atoms with E-state index in [9.17, 15) is 8.78 Å². The van der Waals surface area contributed by atoms with Gasteiger partial charge < -0.3 is 15.2 Å². The van der Waals surface area contributed by atoms with Crippen molar-refractivity contribution in [1.29, 1.82) is 0 Å². The summed E-state index contributed by atoms with van der Waals surface area (Å²) in [5.74, 6) is -1.05. The molecule has 0 aliphatic carbocycles. The molecule has 0 aliphatic heterocycles. The average Bonchev–Trinajstić information content (AvgIpc) is 2.48. The van der Waals surface area contributed by atoms with Crippen molar-refractivity contribution in [3.8, 4) is 11.5 Å². The summed E-state index contributed by atoms with van der Waals surface area (Å²) in [6.45, 7) is 0.356. The highest BCUT2D eigenvalue weighted by Gasteiger charge is 2.12. The predicted molar refractivity (Wildman–Crippen MR) is 76.6 cm³/mol. The third-order valence-electron chi connectivity index (χ3n) is 2.89. The zero-order valence-electron chi connectivity index (χ0n) is 11.3. The highest BCUT2D eigenvalue weighted by atomic mass is 35.5. The highest BCUT2D eigenvalue weighted by molar-refractivity contribution is 6.32. The van der Waals surface area contributed by atoms with Gasteiger partial charge in [0, 0.05) is 6.54 Å². The lowest BCUT2D eigenvalue weighted by atomic mass is 10.2. The van der Waals surface area contributed by atoms with Crippen LogP contribution in [0.25, 0.3) is 0 Å². The van der Waals surface area contributed by atoms with E-state index in [1.54, 1.807) is 12.1 Å². The van der Waals surface area contributed by atoms with Gasteiger partial charge in [-0.2, -0.15) is 0 Å². The second-order valence-electron chi connectivity index (χ2n) is 4.35. The smallest absolute Gasteiger partial charge is 0.180 e. The maximum absolute atomic E-state index is 13.1. The Morgan fingerprint density at radius 3 is 2.48 bits per heavy atom.